The topological polar surface area (TPSA) is 50.9 Å². The van der Waals surface area contributed by atoms with Gasteiger partial charge in [0.15, 0.2) is 5.96 Å². The Morgan fingerprint density at radius 2 is 2.11 bits per heavy atom. The number of hydrogen-bond donors (Lipinski definition) is 1. The third-order valence-electron chi connectivity index (χ3n) is 3.85. The SMILES string of the molecule is CCOc1ccc([C@@H]2C[C@H]2N=C(N)N2CCC2)cc1. The quantitative estimate of drug-likeness (QED) is 0.664. The van der Waals surface area contributed by atoms with Gasteiger partial charge in [0.05, 0.1) is 12.6 Å². The fraction of sp³-hybridized carbons (Fsp3) is 0.533. The third kappa shape index (κ3) is 2.67. The van der Waals surface area contributed by atoms with Crippen molar-refractivity contribution in [2.24, 2.45) is 10.7 Å². The molecule has 4 heteroatoms. The van der Waals surface area contributed by atoms with Gasteiger partial charge in [-0.3, -0.25) is 0 Å². The van der Waals surface area contributed by atoms with Gasteiger partial charge in [0, 0.05) is 19.0 Å². The Morgan fingerprint density at radius 1 is 1.37 bits per heavy atom. The number of nitrogens with zero attached hydrogens (tertiary/aromatic N) is 2. The van der Waals surface area contributed by atoms with E-state index in [1.807, 2.05) is 19.1 Å². The highest BCUT2D eigenvalue weighted by atomic mass is 16.5. The van der Waals surface area contributed by atoms with Crippen molar-refractivity contribution in [3.8, 4) is 5.75 Å². The van der Waals surface area contributed by atoms with Crippen molar-refractivity contribution in [1.82, 2.24) is 4.90 Å². The molecule has 1 aromatic rings. The van der Waals surface area contributed by atoms with Crippen molar-refractivity contribution >= 4 is 5.96 Å². The lowest BCUT2D eigenvalue weighted by Crippen LogP contribution is -2.46. The summed E-state index contributed by atoms with van der Waals surface area (Å²) in [5, 5.41) is 0. The Kier molecular flexibility index (Phi) is 3.32. The molecule has 0 radical (unpaired) electrons. The molecule has 3 rings (SSSR count). The maximum atomic E-state index is 5.98. The summed E-state index contributed by atoms with van der Waals surface area (Å²) in [6.45, 7) is 4.84. The minimum atomic E-state index is 0.374. The zero-order valence-electron chi connectivity index (χ0n) is 11.4. The molecule has 102 valence electrons. The first kappa shape index (κ1) is 12.3. The van der Waals surface area contributed by atoms with Gasteiger partial charge in [-0.15, -0.1) is 0 Å². The van der Waals surface area contributed by atoms with E-state index in [9.17, 15) is 0 Å². The number of nitrogens with two attached hydrogens (primary N) is 1. The Labute approximate surface area is 114 Å². The monoisotopic (exact) mass is 259 g/mol. The Morgan fingerprint density at radius 3 is 2.68 bits per heavy atom. The highest BCUT2D eigenvalue weighted by Gasteiger charge is 2.39. The van der Waals surface area contributed by atoms with Gasteiger partial charge >= 0.3 is 0 Å². The van der Waals surface area contributed by atoms with E-state index in [1.165, 1.54) is 12.0 Å². The first-order chi connectivity index (χ1) is 9.28. The van der Waals surface area contributed by atoms with E-state index in [-0.39, 0.29) is 0 Å². The van der Waals surface area contributed by atoms with Crippen LogP contribution in [0.2, 0.25) is 0 Å². The molecule has 2 atom stereocenters. The van der Waals surface area contributed by atoms with Crippen LogP contribution in [-0.2, 0) is 0 Å². The summed E-state index contributed by atoms with van der Waals surface area (Å²) in [6, 6.07) is 8.74. The molecule has 4 nitrogen and oxygen atoms in total. The maximum absolute atomic E-state index is 5.98. The molecule has 0 unspecified atom stereocenters. The van der Waals surface area contributed by atoms with Gasteiger partial charge in [0.1, 0.15) is 5.75 Å². The summed E-state index contributed by atoms with van der Waals surface area (Å²) in [7, 11) is 0. The van der Waals surface area contributed by atoms with Gasteiger partial charge in [-0.1, -0.05) is 12.1 Å². The van der Waals surface area contributed by atoms with Gasteiger partial charge in [0.2, 0.25) is 0 Å². The molecular weight excluding hydrogens is 238 g/mol. The van der Waals surface area contributed by atoms with Crippen LogP contribution in [0.5, 0.6) is 5.75 Å². The molecular formula is C15H21N3O. The molecule has 2 fully saturated rings. The normalized spacial score (nSPS) is 25.9. The number of aliphatic imine (C=N–C) groups is 1. The second-order valence-electron chi connectivity index (χ2n) is 5.24. The Bertz CT molecular complexity index is 465. The van der Waals surface area contributed by atoms with Crippen LogP contribution in [-0.4, -0.2) is 36.6 Å². The molecule has 0 aromatic heterocycles. The molecule has 0 spiro atoms. The van der Waals surface area contributed by atoms with Crippen LogP contribution in [0.25, 0.3) is 0 Å². The van der Waals surface area contributed by atoms with E-state index in [4.69, 9.17) is 10.5 Å². The number of likely N-dealkylation sites (tertiary alicyclic amines) is 1. The zero-order chi connectivity index (χ0) is 13.2. The predicted octanol–water partition coefficient (Wildman–Crippen LogP) is 1.96. The van der Waals surface area contributed by atoms with Crippen molar-refractivity contribution in [2.45, 2.75) is 31.7 Å². The van der Waals surface area contributed by atoms with E-state index in [0.29, 0.717) is 18.6 Å². The highest BCUT2D eigenvalue weighted by molar-refractivity contribution is 5.79. The van der Waals surface area contributed by atoms with Crippen molar-refractivity contribution < 1.29 is 4.74 Å². The number of hydrogen-bond acceptors (Lipinski definition) is 2. The minimum Gasteiger partial charge on any atom is -0.494 e. The summed E-state index contributed by atoms with van der Waals surface area (Å²) in [5.74, 6) is 2.20. The van der Waals surface area contributed by atoms with Crippen LogP contribution in [0.1, 0.15) is 31.2 Å². The molecule has 1 aliphatic heterocycles. The molecule has 1 aliphatic carbocycles. The number of benzene rings is 1. The van der Waals surface area contributed by atoms with E-state index in [2.05, 4.69) is 22.0 Å². The van der Waals surface area contributed by atoms with Gasteiger partial charge in [-0.2, -0.15) is 0 Å². The lowest BCUT2D eigenvalue weighted by atomic mass is 10.1. The van der Waals surface area contributed by atoms with Crippen LogP contribution in [0.15, 0.2) is 29.3 Å². The zero-order valence-corrected chi connectivity index (χ0v) is 11.4. The average Bonchev–Trinajstić information content (AvgIpc) is 3.07. The molecule has 0 bridgehead atoms. The predicted molar refractivity (Wildman–Crippen MR) is 76.6 cm³/mol. The Balaban J connectivity index is 1.59. The van der Waals surface area contributed by atoms with E-state index in [1.54, 1.807) is 0 Å². The first-order valence-corrected chi connectivity index (χ1v) is 7.09. The molecule has 1 aromatic carbocycles. The summed E-state index contributed by atoms with van der Waals surface area (Å²) in [4.78, 5) is 6.76. The summed E-state index contributed by atoms with van der Waals surface area (Å²) in [5.41, 5.74) is 7.32. The standard InChI is InChI=1S/C15H21N3O/c1-2-19-12-6-4-11(5-7-12)13-10-14(13)17-15(16)18-8-3-9-18/h4-7,13-14H,2-3,8-10H2,1H3,(H2,16,17)/t13-,14+/m0/s1. The second kappa shape index (κ2) is 5.11. The molecule has 2 aliphatic rings. The van der Waals surface area contributed by atoms with Crippen LogP contribution >= 0.6 is 0 Å². The lowest BCUT2D eigenvalue weighted by Gasteiger charge is -2.31. The largest absolute Gasteiger partial charge is 0.494 e. The summed E-state index contributed by atoms with van der Waals surface area (Å²) >= 11 is 0. The van der Waals surface area contributed by atoms with Gasteiger partial charge < -0.3 is 15.4 Å². The van der Waals surface area contributed by atoms with Crippen molar-refractivity contribution in [3.63, 3.8) is 0 Å². The van der Waals surface area contributed by atoms with Crippen LogP contribution in [0.3, 0.4) is 0 Å². The third-order valence-corrected chi connectivity index (χ3v) is 3.85. The molecule has 19 heavy (non-hydrogen) atoms. The number of ether oxygens (including phenoxy) is 1. The van der Waals surface area contributed by atoms with Gasteiger partial charge in [-0.25, -0.2) is 4.99 Å². The van der Waals surface area contributed by atoms with Crippen molar-refractivity contribution in [3.05, 3.63) is 29.8 Å². The molecule has 1 saturated carbocycles. The fourth-order valence-corrected chi connectivity index (χ4v) is 2.46. The Hall–Kier alpha value is -1.71. The van der Waals surface area contributed by atoms with Gasteiger partial charge in [-0.05, 0) is 37.5 Å². The molecule has 2 N–H and O–H groups in total. The van der Waals surface area contributed by atoms with E-state index < -0.39 is 0 Å². The van der Waals surface area contributed by atoms with Crippen molar-refractivity contribution in [2.75, 3.05) is 19.7 Å². The molecule has 0 amide bonds. The summed E-state index contributed by atoms with van der Waals surface area (Å²) in [6.07, 6.45) is 2.35. The average molecular weight is 259 g/mol. The van der Waals surface area contributed by atoms with E-state index in [0.717, 1.165) is 31.2 Å². The minimum absolute atomic E-state index is 0.374. The fourth-order valence-electron chi connectivity index (χ4n) is 2.46. The van der Waals surface area contributed by atoms with Gasteiger partial charge in [0.25, 0.3) is 0 Å². The number of rotatable bonds is 4. The maximum Gasteiger partial charge on any atom is 0.191 e. The van der Waals surface area contributed by atoms with E-state index >= 15 is 0 Å². The smallest absolute Gasteiger partial charge is 0.191 e. The molecule has 1 heterocycles. The van der Waals surface area contributed by atoms with Crippen LogP contribution < -0.4 is 10.5 Å². The van der Waals surface area contributed by atoms with Crippen LogP contribution in [0, 0.1) is 0 Å². The highest BCUT2D eigenvalue weighted by Crippen LogP contribution is 2.43. The number of guanidine groups is 1. The molecule has 1 saturated heterocycles. The second-order valence-corrected chi connectivity index (χ2v) is 5.24. The summed E-state index contributed by atoms with van der Waals surface area (Å²) < 4.78 is 5.45. The lowest BCUT2D eigenvalue weighted by molar-refractivity contribution is 0.295. The van der Waals surface area contributed by atoms with Crippen LogP contribution in [0.4, 0.5) is 0 Å². The first-order valence-electron chi connectivity index (χ1n) is 7.09. The van der Waals surface area contributed by atoms with Crippen molar-refractivity contribution in [1.29, 1.82) is 0 Å².